The Hall–Kier alpha value is -2.82. The van der Waals surface area contributed by atoms with Crippen molar-refractivity contribution < 1.29 is 14.3 Å². The van der Waals surface area contributed by atoms with E-state index in [0.29, 0.717) is 12.3 Å². The van der Waals surface area contributed by atoms with Crippen LogP contribution in [0.4, 0.5) is 5.69 Å². The van der Waals surface area contributed by atoms with Gasteiger partial charge in [0, 0.05) is 25.8 Å². The zero-order valence-corrected chi connectivity index (χ0v) is 19.2. The molecule has 0 fully saturated rings. The van der Waals surface area contributed by atoms with E-state index in [1.165, 1.54) is 5.56 Å². The molecular weight excluding hydrogens is 376 g/mol. The first-order valence-electron chi connectivity index (χ1n) is 10.4. The number of hydrogen-bond donors (Lipinski definition) is 0. The maximum atomic E-state index is 13.0. The van der Waals surface area contributed by atoms with E-state index < -0.39 is 0 Å². The lowest BCUT2D eigenvalue weighted by atomic mass is 10.0. The van der Waals surface area contributed by atoms with Gasteiger partial charge in [-0.2, -0.15) is 0 Å². The molecule has 0 heterocycles. The SMILES string of the molecule is Cc1ccc(C(C)C)cc1OCC(=O)N(c1ccc(CC(=O)N(C)C)cc1)C(C)C. The standard InChI is InChI=1S/C25H34N2O3/c1-17(2)21-11-8-19(5)23(15-21)30-16-25(29)27(18(3)4)22-12-9-20(10-13-22)14-24(28)26(6)7/h8-13,15,17-18H,14,16H2,1-7H3. The summed E-state index contributed by atoms with van der Waals surface area (Å²) in [5, 5.41) is 0. The Morgan fingerprint density at radius 2 is 1.57 bits per heavy atom. The third-order valence-corrected chi connectivity index (χ3v) is 5.08. The fraction of sp³-hybridized carbons (Fsp3) is 0.440. The van der Waals surface area contributed by atoms with Gasteiger partial charge >= 0.3 is 0 Å². The van der Waals surface area contributed by atoms with E-state index >= 15 is 0 Å². The molecule has 0 unspecified atom stereocenters. The Kier molecular flexibility index (Phi) is 8.04. The Balaban J connectivity index is 2.12. The average Bonchev–Trinajstić information content (AvgIpc) is 2.68. The Morgan fingerprint density at radius 3 is 2.10 bits per heavy atom. The molecule has 0 saturated carbocycles. The van der Waals surface area contributed by atoms with Crippen molar-refractivity contribution >= 4 is 17.5 Å². The van der Waals surface area contributed by atoms with E-state index in [-0.39, 0.29) is 24.5 Å². The lowest BCUT2D eigenvalue weighted by Crippen LogP contribution is -2.40. The topological polar surface area (TPSA) is 49.9 Å². The smallest absolute Gasteiger partial charge is 0.265 e. The van der Waals surface area contributed by atoms with Crippen molar-refractivity contribution in [3.63, 3.8) is 0 Å². The molecule has 2 aromatic carbocycles. The van der Waals surface area contributed by atoms with Crippen molar-refractivity contribution in [2.45, 2.75) is 53.0 Å². The van der Waals surface area contributed by atoms with E-state index in [0.717, 1.165) is 22.6 Å². The molecule has 0 aliphatic carbocycles. The maximum Gasteiger partial charge on any atom is 0.265 e. The van der Waals surface area contributed by atoms with Crippen molar-refractivity contribution in [1.82, 2.24) is 4.90 Å². The minimum atomic E-state index is -0.100. The summed E-state index contributed by atoms with van der Waals surface area (Å²) >= 11 is 0. The molecule has 30 heavy (non-hydrogen) atoms. The minimum Gasteiger partial charge on any atom is -0.483 e. The summed E-state index contributed by atoms with van der Waals surface area (Å²) in [4.78, 5) is 28.2. The highest BCUT2D eigenvalue weighted by atomic mass is 16.5. The summed E-state index contributed by atoms with van der Waals surface area (Å²) in [6, 6.07) is 13.7. The second-order valence-corrected chi connectivity index (χ2v) is 8.46. The normalized spacial score (nSPS) is 11.0. The Labute approximate surface area is 180 Å². The molecule has 5 heteroatoms. The van der Waals surface area contributed by atoms with E-state index in [1.54, 1.807) is 23.9 Å². The highest BCUT2D eigenvalue weighted by molar-refractivity contribution is 5.95. The lowest BCUT2D eigenvalue weighted by molar-refractivity contribution is -0.128. The number of nitrogens with zero attached hydrogens (tertiary/aromatic N) is 2. The Morgan fingerprint density at radius 1 is 0.933 bits per heavy atom. The molecule has 162 valence electrons. The molecule has 0 aliphatic rings. The first-order chi connectivity index (χ1) is 14.1. The quantitative estimate of drug-likeness (QED) is 0.641. The second-order valence-electron chi connectivity index (χ2n) is 8.46. The third kappa shape index (κ3) is 6.09. The van der Waals surface area contributed by atoms with Crippen LogP contribution < -0.4 is 9.64 Å². The monoisotopic (exact) mass is 410 g/mol. The van der Waals surface area contributed by atoms with E-state index in [4.69, 9.17) is 4.74 Å². The number of anilines is 1. The summed E-state index contributed by atoms with van der Waals surface area (Å²) in [6.45, 7) is 10.2. The molecule has 0 spiro atoms. The van der Waals surface area contributed by atoms with Crippen molar-refractivity contribution in [1.29, 1.82) is 0 Å². The summed E-state index contributed by atoms with van der Waals surface area (Å²) in [5.74, 6) is 1.09. The molecule has 2 rings (SSSR count). The summed E-state index contributed by atoms with van der Waals surface area (Å²) in [6.07, 6.45) is 0.345. The predicted molar refractivity (Wildman–Crippen MR) is 122 cm³/mol. The van der Waals surface area contributed by atoms with Crippen LogP contribution in [-0.4, -0.2) is 43.5 Å². The van der Waals surface area contributed by atoms with Gasteiger partial charge < -0.3 is 14.5 Å². The van der Waals surface area contributed by atoms with Crippen LogP contribution in [0.5, 0.6) is 5.75 Å². The molecule has 0 aliphatic heterocycles. The van der Waals surface area contributed by atoms with Gasteiger partial charge in [-0.05, 0) is 61.6 Å². The van der Waals surface area contributed by atoms with Crippen LogP contribution in [0.3, 0.4) is 0 Å². The fourth-order valence-electron chi connectivity index (χ4n) is 3.18. The van der Waals surface area contributed by atoms with Crippen LogP contribution in [0.1, 0.15) is 50.3 Å². The predicted octanol–water partition coefficient (Wildman–Crippen LogP) is 4.57. The number of hydrogen-bond acceptors (Lipinski definition) is 3. The molecule has 0 bridgehead atoms. The van der Waals surface area contributed by atoms with Crippen LogP contribution in [-0.2, 0) is 16.0 Å². The van der Waals surface area contributed by atoms with Crippen molar-refractivity contribution in [3.05, 3.63) is 59.2 Å². The summed E-state index contributed by atoms with van der Waals surface area (Å²) < 4.78 is 5.90. The molecule has 0 atom stereocenters. The number of likely N-dealkylation sites (N-methyl/N-ethyl adjacent to an activating group) is 1. The molecule has 2 amide bonds. The molecule has 0 aromatic heterocycles. The number of carbonyl (C=O) groups is 2. The number of aryl methyl sites for hydroxylation is 1. The van der Waals surface area contributed by atoms with Gasteiger partial charge in [0.1, 0.15) is 5.75 Å². The highest BCUT2D eigenvalue weighted by Gasteiger charge is 2.20. The first-order valence-corrected chi connectivity index (χ1v) is 10.4. The molecule has 0 radical (unpaired) electrons. The number of amides is 2. The zero-order chi connectivity index (χ0) is 22.4. The van der Waals surface area contributed by atoms with Crippen LogP contribution in [0.25, 0.3) is 0 Å². The molecule has 0 N–H and O–H groups in total. The van der Waals surface area contributed by atoms with Gasteiger partial charge in [0.2, 0.25) is 5.91 Å². The van der Waals surface area contributed by atoms with Crippen LogP contribution >= 0.6 is 0 Å². The van der Waals surface area contributed by atoms with Gasteiger partial charge in [-0.1, -0.05) is 38.1 Å². The molecular formula is C25H34N2O3. The van der Waals surface area contributed by atoms with Crippen LogP contribution in [0.2, 0.25) is 0 Å². The fourth-order valence-corrected chi connectivity index (χ4v) is 3.18. The molecule has 0 saturated heterocycles. The number of rotatable bonds is 8. The lowest BCUT2D eigenvalue weighted by Gasteiger charge is -2.27. The number of benzene rings is 2. The van der Waals surface area contributed by atoms with Gasteiger partial charge in [0.05, 0.1) is 6.42 Å². The average molecular weight is 411 g/mol. The van der Waals surface area contributed by atoms with Crippen molar-refractivity contribution in [2.24, 2.45) is 0 Å². The van der Waals surface area contributed by atoms with Gasteiger partial charge in [0.25, 0.3) is 5.91 Å². The second kappa shape index (κ2) is 10.3. The third-order valence-electron chi connectivity index (χ3n) is 5.08. The van der Waals surface area contributed by atoms with E-state index in [1.807, 2.05) is 57.2 Å². The molecule has 5 nitrogen and oxygen atoms in total. The van der Waals surface area contributed by atoms with Gasteiger partial charge in [-0.15, -0.1) is 0 Å². The molecule has 2 aromatic rings. The maximum absolute atomic E-state index is 13.0. The van der Waals surface area contributed by atoms with Gasteiger partial charge in [-0.25, -0.2) is 0 Å². The van der Waals surface area contributed by atoms with Gasteiger partial charge in [0.15, 0.2) is 6.61 Å². The van der Waals surface area contributed by atoms with Gasteiger partial charge in [-0.3, -0.25) is 9.59 Å². The minimum absolute atomic E-state index is 0.0153. The first kappa shape index (κ1) is 23.5. The van der Waals surface area contributed by atoms with Crippen LogP contribution in [0, 0.1) is 6.92 Å². The highest BCUT2D eigenvalue weighted by Crippen LogP contribution is 2.25. The van der Waals surface area contributed by atoms with Crippen molar-refractivity contribution in [2.75, 3.05) is 25.6 Å². The summed E-state index contributed by atoms with van der Waals surface area (Å²) in [5.41, 5.74) is 3.92. The zero-order valence-electron chi connectivity index (χ0n) is 19.2. The largest absolute Gasteiger partial charge is 0.483 e. The van der Waals surface area contributed by atoms with Crippen molar-refractivity contribution in [3.8, 4) is 5.75 Å². The van der Waals surface area contributed by atoms with E-state index in [2.05, 4.69) is 19.9 Å². The number of ether oxygens (including phenoxy) is 1. The Bertz CT molecular complexity index is 870. The number of carbonyl (C=O) groups excluding carboxylic acids is 2. The van der Waals surface area contributed by atoms with E-state index in [9.17, 15) is 9.59 Å². The van der Waals surface area contributed by atoms with Crippen LogP contribution in [0.15, 0.2) is 42.5 Å². The summed E-state index contributed by atoms with van der Waals surface area (Å²) in [7, 11) is 3.49.